The number of aromatic nitrogens is 1. The molecule has 2 rings (SSSR count). The van der Waals surface area contributed by atoms with Crippen molar-refractivity contribution in [3.63, 3.8) is 0 Å². The first-order valence-corrected chi connectivity index (χ1v) is 5.66. The summed E-state index contributed by atoms with van der Waals surface area (Å²) in [6.45, 7) is 2.41. The minimum atomic E-state index is -0.0153. The second kappa shape index (κ2) is 4.63. The second-order valence-corrected chi connectivity index (χ2v) is 4.35. The quantitative estimate of drug-likeness (QED) is 0.830. The molecule has 0 aliphatic heterocycles. The van der Waals surface area contributed by atoms with Crippen LogP contribution in [0.3, 0.4) is 0 Å². The van der Waals surface area contributed by atoms with E-state index in [2.05, 4.69) is 0 Å². The van der Waals surface area contributed by atoms with Gasteiger partial charge in [0.05, 0.1) is 17.3 Å². The normalized spacial score (nSPS) is 10.5. The van der Waals surface area contributed by atoms with Crippen LogP contribution in [-0.4, -0.2) is 4.57 Å². The third-order valence-electron chi connectivity index (χ3n) is 2.67. The maximum absolute atomic E-state index is 11.7. The average molecular weight is 249 g/mol. The van der Waals surface area contributed by atoms with Gasteiger partial charge in [0.2, 0.25) is 0 Å². The number of rotatable bonds is 2. The summed E-state index contributed by atoms with van der Waals surface area (Å²) in [7, 11) is 0. The summed E-state index contributed by atoms with van der Waals surface area (Å²) in [5.41, 5.74) is 8.13. The number of halogens is 1. The maximum atomic E-state index is 11.7. The standard InChI is InChI=1S/C13H13ClN2O/c1-9-3-2-4-13(17)16(9)8-10-5-6-11(14)12(15)7-10/h2-7H,8,15H2,1H3. The molecular weight excluding hydrogens is 236 g/mol. The van der Waals surface area contributed by atoms with Gasteiger partial charge in [-0.15, -0.1) is 0 Å². The molecule has 0 fully saturated rings. The molecule has 4 heteroatoms. The Hall–Kier alpha value is -1.74. The third-order valence-corrected chi connectivity index (χ3v) is 3.01. The van der Waals surface area contributed by atoms with Crippen LogP contribution in [0, 0.1) is 6.92 Å². The van der Waals surface area contributed by atoms with Gasteiger partial charge >= 0.3 is 0 Å². The SMILES string of the molecule is Cc1cccc(=O)n1Cc1ccc(Cl)c(N)c1. The van der Waals surface area contributed by atoms with E-state index in [1.807, 2.05) is 19.1 Å². The van der Waals surface area contributed by atoms with Gasteiger partial charge in [0.1, 0.15) is 0 Å². The van der Waals surface area contributed by atoms with E-state index in [0.29, 0.717) is 17.3 Å². The Kier molecular flexibility index (Phi) is 3.20. The fourth-order valence-corrected chi connectivity index (χ4v) is 1.82. The highest BCUT2D eigenvalue weighted by Gasteiger charge is 2.03. The Morgan fingerprint density at radius 3 is 2.71 bits per heavy atom. The van der Waals surface area contributed by atoms with Crippen molar-refractivity contribution in [3.8, 4) is 0 Å². The van der Waals surface area contributed by atoms with Crippen LogP contribution in [0.25, 0.3) is 0 Å². The van der Waals surface area contributed by atoms with Crippen LogP contribution in [0.5, 0.6) is 0 Å². The molecule has 2 N–H and O–H groups in total. The molecule has 1 aromatic carbocycles. The van der Waals surface area contributed by atoms with E-state index in [1.54, 1.807) is 28.8 Å². The van der Waals surface area contributed by atoms with Gasteiger partial charge in [-0.05, 0) is 30.7 Å². The first kappa shape index (κ1) is 11.7. The second-order valence-electron chi connectivity index (χ2n) is 3.95. The number of pyridine rings is 1. The van der Waals surface area contributed by atoms with Crippen LogP contribution in [-0.2, 0) is 6.54 Å². The van der Waals surface area contributed by atoms with E-state index in [0.717, 1.165) is 11.3 Å². The Bertz CT molecular complexity index is 605. The van der Waals surface area contributed by atoms with Gasteiger partial charge in [-0.3, -0.25) is 4.79 Å². The Morgan fingerprint density at radius 2 is 2.06 bits per heavy atom. The summed E-state index contributed by atoms with van der Waals surface area (Å²) in [5.74, 6) is 0. The number of benzene rings is 1. The van der Waals surface area contributed by atoms with Crippen molar-refractivity contribution in [1.82, 2.24) is 4.57 Å². The van der Waals surface area contributed by atoms with Gasteiger partial charge in [-0.2, -0.15) is 0 Å². The largest absolute Gasteiger partial charge is 0.398 e. The zero-order valence-electron chi connectivity index (χ0n) is 9.48. The molecule has 0 bridgehead atoms. The van der Waals surface area contributed by atoms with E-state index in [4.69, 9.17) is 17.3 Å². The summed E-state index contributed by atoms with van der Waals surface area (Å²) in [6, 6.07) is 10.6. The fourth-order valence-electron chi connectivity index (χ4n) is 1.70. The van der Waals surface area contributed by atoms with Crippen LogP contribution in [0.4, 0.5) is 5.69 Å². The van der Waals surface area contributed by atoms with Crippen molar-refractivity contribution >= 4 is 17.3 Å². The highest BCUT2D eigenvalue weighted by Crippen LogP contribution is 2.19. The van der Waals surface area contributed by atoms with Crippen molar-refractivity contribution in [1.29, 1.82) is 0 Å². The Morgan fingerprint density at radius 1 is 1.29 bits per heavy atom. The molecule has 0 radical (unpaired) electrons. The molecular formula is C13H13ClN2O. The van der Waals surface area contributed by atoms with Crippen LogP contribution in [0.1, 0.15) is 11.3 Å². The van der Waals surface area contributed by atoms with Gasteiger partial charge < -0.3 is 10.3 Å². The van der Waals surface area contributed by atoms with Crippen molar-refractivity contribution in [2.45, 2.75) is 13.5 Å². The number of aryl methyl sites for hydroxylation is 1. The van der Waals surface area contributed by atoms with Crippen LogP contribution in [0.15, 0.2) is 41.2 Å². The minimum absolute atomic E-state index is 0.0153. The lowest BCUT2D eigenvalue weighted by atomic mass is 10.2. The minimum Gasteiger partial charge on any atom is -0.398 e. The zero-order valence-corrected chi connectivity index (χ0v) is 10.2. The zero-order chi connectivity index (χ0) is 12.4. The molecule has 0 atom stereocenters. The van der Waals surface area contributed by atoms with E-state index in [1.165, 1.54) is 0 Å². The molecule has 17 heavy (non-hydrogen) atoms. The molecule has 2 aromatic rings. The van der Waals surface area contributed by atoms with Crippen molar-refractivity contribution in [3.05, 3.63) is 63.0 Å². The average Bonchev–Trinajstić information content (AvgIpc) is 2.28. The molecule has 0 spiro atoms. The van der Waals surface area contributed by atoms with Crippen LogP contribution in [0.2, 0.25) is 5.02 Å². The highest BCUT2D eigenvalue weighted by atomic mass is 35.5. The molecule has 1 heterocycles. The third kappa shape index (κ3) is 2.50. The van der Waals surface area contributed by atoms with Gasteiger partial charge in [0.15, 0.2) is 0 Å². The lowest BCUT2D eigenvalue weighted by Crippen LogP contribution is -2.21. The van der Waals surface area contributed by atoms with Crippen molar-refractivity contribution < 1.29 is 0 Å². The summed E-state index contributed by atoms with van der Waals surface area (Å²) in [6.07, 6.45) is 0. The first-order chi connectivity index (χ1) is 8.08. The monoisotopic (exact) mass is 248 g/mol. The molecule has 0 aliphatic rings. The summed E-state index contributed by atoms with van der Waals surface area (Å²) < 4.78 is 1.70. The lowest BCUT2D eigenvalue weighted by Gasteiger charge is -2.10. The molecule has 0 unspecified atom stereocenters. The lowest BCUT2D eigenvalue weighted by molar-refractivity contribution is 0.730. The first-order valence-electron chi connectivity index (χ1n) is 5.28. The summed E-state index contributed by atoms with van der Waals surface area (Å²) in [4.78, 5) is 11.7. The van der Waals surface area contributed by atoms with Gasteiger partial charge in [0.25, 0.3) is 5.56 Å². The van der Waals surface area contributed by atoms with Gasteiger partial charge in [0, 0.05) is 11.8 Å². The fraction of sp³-hybridized carbons (Fsp3) is 0.154. The summed E-state index contributed by atoms with van der Waals surface area (Å²) >= 11 is 5.85. The van der Waals surface area contributed by atoms with Crippen LogP contribution >= 0.6 is 11.6 Å². The number of hydrogen-bond donors (Lipinski definition) is 1. The molecule has 88 valence electrons. The predicted molar refractivity (Wildman–Crippen MR) is 70.4 cm³/mol. The number of nitrogens with two attached hydrogens (primary N) is 1. The van der Waals surface area contributed by atoms with Gasteiger partial charge in [-0.1, -0.05) is 23.7 Å². The molecule has 0 amide bonds. The highest BCUT2D eigenvalue weighted by molar-refractivity contribution is 6.33. The van der Waals surface area contributed by atoms with Crippen molar-refractivity contribution in [2.75, 3.05) is 5.73 Å². The van der Waals surface area contributed by atoms with E-state index < -0.39 is 0 Å². The maximum Gasteiger partial charge on any atom is 0.251 e. The molecule has 1 aromatic heterocycles. The number of anilines is 1. The Balaban J connectivity index is 2.38. The van der Waals surface area contributed by atoms with Gasteiger partial charge in [-0.25, -0.2) is 0 Å². The number of hydrogen-bond acceptors (Lipinski definition) is 2. The molecule has 0 saturated heterocycles. The predicted octanol–water partition coefficient (Wildman–Crippen LogP) is 2.44. The smallest absolute Gasteiger partial charge is 0.251 e. The van der Waals surface area contributed by atoms with E-state index in [-0.39, 0.29) is 5.56 Å². The van der Waals surface area contributed by atoms with Crippen LogP contribution < -0.4 is 11.3 Å². The number of nitrogens with zero attached hydrogens (tertiary/aromatic N) is 1. The Labute approximate surface area is 104 Å². The number of nitrogen functional groups attached to an aromatic ring is 1. The topological polar surface area (TPSA) is 48.0 Å². The van der Waals surface area contributed by atoms with E-state index in [9.17, 15) is 4.79 Å². The molecule has 3 nitrogen and oxygen atoms in total. The molecule has 0 saturated carbocycles. The van der Waals surface area contributed by atoms with Crippen molar-refractivity contribution in [2.24, 2.45) is 0 Å². The summed E-state index contributed by atoms with van der Waals surface area (Å²) in [5, 5.41) is 0.533. The van der Waals surface area contributed by atoms with E-state index >= 15 is 0 Å². The molecule has 0 aliphatic carbocycles.